The predicted molar refractivity (Wildman–Crippen MR) is 82.2 cm³/mol. The molecule has 0 fully saturated rings. The van der Waals surface area contributed by atoms with E-state index in [0.29, 0.717) is 11.4 Å². The van der Waals surface area contributed by atoms with Gasteiger partial charge in [0.2, 0.25) is 0 Å². The van der Waals surface area contributed by atoms with Gasteiger partial charge in [0, 0.05) is 25.2 Å². The highest BCUT2D eigenvalue weighted by Gasteiger charge is 2.32. The van der Waals surface area contributed by atoms with Gasteiger partial charge in [0.05, 0.1) is 11.9 Å². The Balaban J connectivity index is 1.63. The van der Waals surface area contributed by atoms with Crippen molar-refractivity contribution in [3.63, 3.8) is 0 Å². The van der Waals surface area contributed by atoms with Crippen LogP contribution < -0.4 is 14.8 Å². The van der Waals surface area contributed by atoms with Gasteiger partial charge >= 0.3 is 0 Å². The highest BCUT2D eigenvalue weighted by Crippen LogP contribution is 2.41. The van der Waals surface area contributed by atoms with Gasteiger partial charge in [-0.25, -0.2) is 0 Å². The van der Waals surface area contributed by atoms with Crippen molar-refractivity contribution in [2.45, 2.75) is 25.9 Å². The minimum absolute atomic E-state index is 0.0743. The van der Waals surface area contributed by atoms with Crippen molar-refractivity contribution < 1.29 is 14.3 Å². The largest absolute Gasteiger partial charge is 0.483 e. The average Bonchev–Trinajstić information content (AvgIpc) is 2.97. The van der Waals surface area contributed by atoms with Gasteiger partial charge in [-0.15, -0.1) is 0 Å². The van der Waals surface area contributed by atoms with Crippen molar-refractivity contribution in [2.75, 3.05) is 11.9 Å². The molecule has 116 valence electrons. The summed E-state index contributed by atoms with van der Waals surface area (Å²) in [5.41, 5.74) is 1.52. The number of amides is 1. The first-order valence-electron chi connectivity index (χ1n) is 7.15. The van der Waals surface area contributed by atoms with E-state index in [1.165, 1.54) is 0 Å². The molecule has 2 aromatic rings. The van der Waals surface area contributed by atoms with Crippen LogP contribution in [0.25, 0.3) is 0 Å². The molecule has 1 aliphatic heterocycles. The van der Waals surface area contributed by atoms with Crippen molar-refractivity contribution in [1.29, 1.82) is 0 Å². The van der Waals surface area contributed by atoms with Gasteiger partial charge in [0.25, 0.3) is 5.91 Å². The Bertz CT molecular complexity index is 706. The first kappa shape index (κ1) is 14.4. The number of rotatable bonds is 4. The topological polar surface area (TPSA) is 65.4 Å². The SMILES string of the molecule is Cn1cc(NC(=O)COc2cccc3c2OC(C)(C)C3)cn1. The Morgan fingerprint density at radius 1 is 1.50 bits per heavy atom. The van der Waals surface area contributed by atoms with Crippen LogP contribution >= 0.6 is 0 Å². The number of benzene rings is 1. The first-order chi connectivity index (χ1) is 10.4. The molecule has 0 atom stereocenters. The van der Waals surface area contributed by atoms with E-state index in [4.69, 9.17) is 9.47 Å². The molecule has 2 heterocycles. The molecule has 1 amide bonds. The molecule has 0 spiro atoms. The number of fused-ring (bicyclic) bond motifs is 1. The number of ether oxygens (including phenoxy) is 2. The quantitative estimate of drug-likeness (QED) is 0.939. The number of aryl methyl sites for hydroxylation is 1. The van der Waals surface area contributed by atoms with Crippen LogP contribution in [-0.2, 0) is 18.3 Å². The molecule has 1 aromatic carbocycles. The van der Waals surface area contributed by atoms with E-state index in [-0.39, 0.29) is 18.1 Å². The van der Waals surface area contributed by atoms with Crippen molar-refractivity contribution in [2.24, 2.45) is 7.05 Å². The number of nitrogens with zero attached hydrogens (tertiary/aromatic N) is 2. The molecule has 1 aromatic heterocycles. The highest BCUT2D eigenvalue weighted by atomic mass is 16.5. The minimum Gasteiger partial charge on any atom is -0.483 e. The molecule has 0 unspecified atom stereocenters. The fraction of sp³-hybridized carbons (Fsp3) is 0.375. The zero-order valence-electron chi connectivity index (χ0n) is 12.9. The van der Waals surface area contributed by atoms with Crippen LogP contribution in [0.1, 0.15) is 19.4 Å². The third kappa shape index (κ3) is 3.05. The average molecular weight is 301 g/mol. The number of anilines is 1. The molecule has 22 heavy (non-hydrogen) atoms. The number of hydrogen-bond donors (Lipinski definition) is 1. The number of hydrogen-bond acceptors (Lipinski definition) is 4. The summed E-state index contributed by atoms with van der Waals surface area (Å²) in [5.74, 6) is 1.11. The third-order valence-corrected chi connectivity index (χ3v) is 3.40. The zero-order valence-corrected chi connectivity index (χ0v) is 12.9. The molecule has 6 heteroatoms. The van der Waals surface area contributed by atoms with Gasteiger partial charge in [0.15, 0.2) is 18.1 Å². The lowest BCUT2D eigenvalue weighted by Crippen LogP contribution is -2.25. The van der Waals surface area contributed by atoms with Gasteiger partial charge < -0.3 is 14.8 Å². The third-order valence-electron chi connectivity index (χ3n) is 3.40. The lowest BCUT2D eigenvalue weighted by Gasteiger charge is -2.18. The van der Waals surface area contributed by atoms with Crippen LogP contribution in [-0.4, -0.2) is 27.9 Å². The maximum atomic E-state index is 11.9. The van der Waals surface area contributed by atoms with Crippen LogP contribution in [0.4, 0.5) is 5.69 Å². The zero-order chi connectivity index (χ0) is 15.7. The van der Waals surface area contributed by atoms with Crippen molar-refractivity contribution >= 4 is 11.6 Å². The molecule has 6 nitrogen and oxygen atoms in total. The van der Waals surface area contributed by atoms with Crippen LogP contribution in [0, 0.1) is 0 Å². The summed E-state index contributed by atoms with van der Waals surface area (Å²) in [6.45, 7) is 3.99. The van der Waals surface area contributed by atoms with Gasteiger partial charge in [-0.3, -0.25) is 9.48 Å². The second-order valence-electron chi connectivity index (χ2n) is 6.02. The Kier molecular flexibility index (Phi) is 3.52. The summed E-state index contributed by atoms with van der Waals surface area (Å²) in [4.78, 5) is 11.9. The van der Waals surface area contributed by atoms with Crippen LogP contribution in [0.5, 0.6) is 11.5 Å². The van der Waals surface area contributed by atoms with E-state index in [0.717, 1.165) is 17.7 Å². The maximum Gasteiger partial charge on any atom is 0.262 e. The van der Waals surface area contributed by atoms with Crippen molar-refractivity contribution in [3.05, 3.63) is 36.2 Å². The lowest BCUT2D eigenvalue weighted by molar-refractivity contribution is -0.118. The van der Waals surface area contributed by atoms with Gasteiger partial charge in [0.1, 0.15) is 5.60 Å². The fourth-order valence-corrected chi connectivity index (χ4v) is 2.53. The molecule has 3 rings (SSSR count). The smallest absolute Gasteiger partial charge is 0.262 e. The fourth-order valence-electron chi connectivity index (χ4n) is 2.53. The summed E-state index contributed by atoms with van der Waals surface area (Å²) in [6.07, 6.45) is 4.15. The van der Waals surface area contributed by atoms with E-state index in [1.54, 1.807) is 24.1 Å². The second kappa shape index (κ2) is 5.36. The second-order valence-corrected chi connectivity index (χ2v) is 6.02. The minimum atomic E-state index is -0.236. The van der Waals surface area contributed by atoms with Crippen molar-refractivity contribution in [1.82, 2.24) is 9.78 Å². The molecule has 0 radical (unpaired) electrons. The standard InChI is InChI=1S/C16H19N3O3/c1-16(2)7-11-5-4-6-13(15(11)22-16)21-10-14(20)18-12-8-17-19(3)9-12/h4-6,8-9H,7,10H2,1-3H3,(H,18,20). The van der Waals surface area contributed by atoms with E-state index in [1.807, 2.05) is 32.0 Å². The summed E-state index contributed by atoms with van der Waals surface area (Å²) < 4.78 is 13.1. The number of carbonyl (C=O) groups is 1. The Hall–Kier alpha value is -2.50. The normalized spacial score (nSPS) is 15.0. The number of nitrogens with one attached hydrogen (secondary N) is 1. The number of para-hydroxylation sites is 1. The summed E-state index contributed by atoms with van der Waals surface area (Å²) in [7, 11) is 1.79. The van der Waals surface area contributed by atoms with Crippen LogP contribution in [0.3, 0.4) is 0 Å². The monoisotopic (exact) mass is 301 g/mol. The highest BCUT2D eigenvalue weighted by molar-refractivity contribution is 5.91. The van der Waals surface area contributed by atoms with Gasteiger partial charge in [-0.1, -0.05) is 12.1 Å². The molecule has 1 aliphatic rings. The molecule has 0 saturated carbocycles. The Morgan fingerprint density at radius 3 is 3.05 bits per heavy atom. The van der Waals surface area contributed by atoms with Crippen LogP contribution in [0.15, 0.2) is 30.6 Å². The Labute approximate surface area is 129 Å². The molecular weight excluding hydrogens is 282 g/mol. The molecular formula is C16H19N3O3. The molecule has 0 saturated heterocycles. The molecule has 0 aliphatic carbocycles. The van der Waals surface area contributed by atoms with E-state index in [2.05, 4.69) is 10.4 Å². The van der Waals surface area contributed by atoms with Crippen molar-refractivity contribution in [3.8, 4) is 11.5 Å². The lowest BCUT2D eigenvalue weighted by atomic mass is 10.0. The van der Waals surface area contributed by atoms with E-state index >= 15 is 0 Å². The summed E-state index contributed by atoms with van der Waals surface area (Å²) >= 11 is 0. The maximum absolute atomic E-state index is 11.9. The molecule has 0 bridgehead atoms. The van der Waals surface area contributed by atoms with Crippen LogP contribution in [0.2, 0.25) is 0 Å². The number of carbonyl (C=O) groups excluding carboxylic acids is 1. The van der Waals surface area contributed by atoms with Gasteiger partial charge in [-0.05, 0) is 19.9 Å². The summed E-state index contributed by atoms with van der Waals surface area (Å²) in [6, 6.07) is 5.75. The predicted octanol–water partition coefficient (Wildman–Crippen LogP) is 2.15. The molecule has 1 N–H and O–H groups in total. The van der Waals surface area contributed by atoms with E-state index < -0.39 is 0 Å². The number of aromatic nitrogens is 2. The van der Waals surface area contributed by atoms with E-state index in [9.17, 15) is 4.79 Å². The first-order valence-corrected chi connectivity index (χ1v) is 7.15. The van der Waals surface area contributed by atoms with Gasteiger partial charge in [-0.2, -0.15) is 5.10 Å². The Morgan fingerprint density at radius 2 is 2.32 bits per heavy atom. The summed E-state index contributed by atoms with van der Waals surface area (Å²) in [5, 5.41) is 6.72.